The van der Waals surface area contributed by atoms with Crippen molar-refractivity contribution < 1.29 is 0 Å². The lowest BCUT2D eigenvalue weighted by Gasteiger charge is -2.21. The summed E-state index contributed by atoms with van der Waals surface area (Å²) in [6.45, 7) is 9.14. The van der Waals surface area contributed by atoms with Crippen LogP contribution in [0.1, 0.15) is 74.6 Å². The van der Waals surface area contributed by atoms with Gasteiger partial charge in [-0.2, -0.15) is 0 Å². The first kappa shape index (κ1) is 22.9. The van der Waals surface area contributed by atoms with E-state index in [0.29, 0.717) is 11.8 Å². The lowest BCUT2D eigenvalue weighted by atomic mass is 9.88. The summed E-state index contributed by atoms with van der Waals surface area (Å²) in [4.78, 5) is 5.46. The standard InChI is InChI=1S/C29H30Br2N2/c1-17(2)20-11-7-12-21(18(3)4)26(20)29-32-28-22-10-6-5-9-19(22)15-16-25(28)33(29)24-14-8-13-23(30)27(24)31/h7-8,11-18H,5-6,9-10H2,1-4H3. The second-order valence-electron chi connectivity index (χ2n) is 9.74. The third-order valence-electron chi connectivity index (χ3n) is 6.92. The molecule has 0 N–H and O–H groups in total. The Kier molecular flexibility index (Phi) is 6.26. The molecule has 0 aliphatic heterocycles. The van der Waals surface area contributed by atoms with Gasteiger partial charge >= 0.3 is 0 Å². The highest BCUT2D eigenvalue weighted by atomic mass is 79.9. The Labute approximate surface area is 213 Å². The summed E-state index contributed by atoms with van der Waals surface area (Å²) in [7, 11) is 0. The lowest BCUT2D eigenvalue weighted by molar-refractivity contribution is 0.689. The number of aryl methyl sites for hydroxylation is 2. The van der Waals surface area contributed by atoms with Crippen LogP contribution in [0, 0.1) is 0 Å². The lowest BCUT2D eigenvalue weighted by Crippen LogP contribution is -2.06. The van der Waals surface area contributed by atoms with E-state index < -0.39 is 0 Å². The van der Waals surface area contributed by atoms with Gasteiger partial charge < -0.3 is 0 Å². The van der Waals surface area contributed by atoms with Crippen LogP contribution in [0.3, 0.4) is 0 Å². The fraction of sp³-hybridized carbons (Fsp3) is 0.345. The number of fused-ring (bicyclic) bond motifs is 3. The molecule has 1 heterocycles. The molecular weight excluding hydrogens is 536 g/mol. The first-order chi connectivity index (χ1) is 15.9. The number of hydrogen-bond acceptors (Lipinski definition) is 1. The highest BCUT2D eigenvalue weighted by Crippen LogP contribution is 2.42. The van der Waals surface area contributed by atoms with Gasteiger partial charge in [-0.15, -0.1) is 0 Å². The predicted molar refractivity (Wildman–Crippen MR) is 147 cm³/mol. The highest BCUT2D eigenvalue weighted by molar-refractivity contribution is 9.13. The van der Waals surface area contributed by atoms with E-state index in [1.165, 1.54) is 51.7 Å². The molecule has 0 unspecified atom stereocenters. The maximum Gasteiger partial charge on any atom is 0.146 e. The topological polar surface area (TPSA) is 17.8 Å². The Hall–Kier alpha value is -1.91. The number of hydrogen-bond donors (Lipinski definition) is 0. The number of aromatic nitrogens is 2. The number of benzene rings is 3. The third kappa shape index (κ3) is 3.89. The molecule has 3 aromatic carbocycles. The van der Waals surface area contributed by atoms with Gasteiger partial charge in [0.2, 0.25) is 0 Å². The molecule has 4 aromatic rings. The molecule has 0 saturated carbocycles. The zero-order valence-electron chi connectivity index (χ0n) is 19.8. The Balaban J connectivity index is 1.94. The summed E-state index contributed by atoms with van der Waals surface area (Å²) < 4.78 is 4.48. The Morgan fingerprint density at radius 1 is 0.818 bits per heavy atom. The van der Waals surface area contributed by atoms with E-state index in [0.717, 1.165) is 33.3 Å². The molecule has 1 aliphatic rings. The largest absolute Gasteiger partial charge is 0.291 e. The van der Waals surface area contributed by atoms with Gasteiger partial charge in [-0.05, 0) is 110 Å². The van der Waals surface area contributed by atoms with E-state index in [-0.39, 0.29) is 0 Å². The molecule has 0 radical (unpaired) electrons. The maximum absolute atomic E-state index is 5.46. The van der Waals surface area contributed by atoms with Gasteiger partial charge in [-0.3, -0.25) is 4.57 Å². The third-order valence-corrected chi connectivity index (χ3v) is 8.95. The van der Waals surface area contributed by atoms with Crippen molar-refractivity contribution in [3.8, 4) is 17.1 Å². The quantitative estimate of drug-likeness (QED) is 0.241. The molecule has 1 aromatic heterocycles. The molecule has 0 saturated heterocycles. The van der Waals surface area contributed by atoms with Crippen molar-refractivity contribution in [2.24, 2.45) is 0 Å². The van der Waals surface area contributed by atoms with Crippen LogP contribution in [0.2, 0.25) is 0 Å². The van der Waals surface area contributed by atoms with Gasteiger partial charge in [0.25, 0.3) is 0 Å². The molecule has 170 valence electrons. The van der Waals surface area contributed by atoms with Gasteiger partial charge in [0, 0.05) is 10.0 Å². The minimum absolute atomic E-state index is 0.409. The van der Waals surface area contributed by atoms with Gasteiger partial charge in [0.1, 0.15) is 5.82 Å². The molecule has 0 bridgehead atoms. The van der Waals surface area contributed by atoms with E-state index in [1.54, 1.807) is 0 Å². The van der Waals surface area contributed by atoms with Crippen LogP contribution < -0.4 is 0 Å². The second-order valence-corrected chi connectivity index (χ2v) is 11.4. The molecule has 0 amide bonds. The van der Waals surface area contributed by atoms with Crippen molar-refractivity contribution >= 4 is 42.9 Å². The average molecular weight is 566 g/mol. The van der Waals surface area contributed by atoms with Crippen molar-refractivity contribution in [1.82, 2.24) is 9.55 Å². The molecule has 0 fully saturated rings. The Morgan fingerprint density at radius 2 is 1.48 bits per heavy atom. The fourth-order valence-corrected chi connectivity index (χ4v) is 6.05. The summed E-state index contributed by atoms with van der Waals surface area (Å²) in [6, 6.07) is 17.8. The zero-order valence-corrected chi connectivity index (χ0v) is 22.9. The predicted octanol–water partition coefficient (Wildman–Crippen LogP) is 9.34. The first-order valence-corrected chi connectivity index (χ1v) is 13.6. The highest BCUT2D eigenvalue weighted by Gasteiger charge is 2.25. The number of nitrogens with zero attached hydrogens (tertiary/aromatic N) is 2. The summed E-state index contributed by atoms with van der Waals surface area (Å²) in [5, 5.41) is 0. The summed E-state index contributed by atoms with van der Waals surface area (Å²) in [5.41, 5.74) is 10.4. The number of rotatable bonds is 4. The smallest absolute Gasteiger partial charge is 0.146 e. The van der Waals surface area contributed by atoms with Crippen LogP contribution in [0.5, 0.6) is 0 Å². The minimum atomic E-state index is 0.409. The SMILES string of the molecule is CC(C)c1cccc(C(C)C)c1-c1nc2c3c(ccc2n1-c1cccc(Br)c1Br)CCCC3. The minimum Gasteiger partial charge on any atom is -0.291 e. The normalized spacial score (nSPS) is 13.8. The van der Waals surface area contributed by atoms with Crippen LogP contribution in [0.4, 0.5) is 0 Å². The van der Waals surface area contributed by atoms with Crippen molar-refractivity contribution in [1.29, 1.82) is 0 Å². The van der Waals surface area contributed by atoms with Crippen LogP contribution in [0.25, 0.3) is 28.1 Å². The molecule has 2 nitrogen and oxygen atoms in total. The molecule has 4 heteroatoms. The number of halogens is 2. The molecule has 5 rings (SSSR count). The molecule has 33 heavy (non-hydrogen) atoms. The van der Waals surface area contributed by atoms with Gasteiger partial charge in [-0.25, -0.2) is 4.98 Å². The molecule has 0 atom stereocenters. The average Bonchev–Trinajstić information content (AvgIpc) is 3.19. The summed E-state index contributed by atoms with van der Waals surface area (Å²) in [5.74, 6) is 1.87. The van der Waals surface area contributed by atoms with Gasteiger partial charge in [-0.1, -0.05) is 58.0 Å². The monoisotopic (exact) mass is 564 g/mol. The summed E-state index contributed by atoms with van der Waals surface area (Å²) >= 11 is 7.60. The van der Waals surface area contributed by atoms with E-state index >= 15 is 0 Å². The van der Waals surface area contributed by atoms with Gasteiger partial charge in [0.15, 0.2) is 0 Å². The van der Waals surface area contributed by atoms with Crippen LogP contribution in [-0.4, -0.2) is 9.55 Å². The second kappa shape index (κ2) is 9.03. The van der Waals surface area contributed by atoms with Crippen LogP contribution >= 0.6 is 31.9 Å². The van der Waals surface area contributed by atoms with Crippen molar-refractivity contribution in [2.45, 2.75) is 65.2 Å². The zero-order chi connectivity index (χ0) is 23.3. The van der Waals surface area contributed by atoms with Crippen LogP contribution in [-0.2, 0) is 12.8 Å². The van der Waals surface area contributed by atoms with E-state index in [4.69, 9.17) is 4.98 Å². The van der Waals surface area contributed by atoms with Crippen molar-refractivity contribution in [3.05, 3.63) is 79.7 Å². The number of imidazole rings is 1. The first-order valence-electron chi connectivity index (χ1n) is 12.0. The fourth-order valence-electron chi connectivity index (χ4n) is 5.26. The van der Waals surface area contributed by atoms with E-state index in [9.17, 15) is 0 Å². The van der Waals surface area contributed by atoms with Crippen molar-refractivity contribution in [2.75, 3.05) is 0 Å². The van der Waals surface area contributed by atoms with E-state index in [1.807, 2.05) is 0 Å². The van der Waals surface area contributed by atoms with E-state index in [2.05, 4.69) is 113 Å². The van der Waals surface area contributed by atoms with Crippen molar-refractivity contribution in [3.63, 3.8) is 0 Å². The molecular formula is C29H30Br2N2. The maximum atomic E-state index is 5.46. The Morgan fingerprint density at radius 3 is 2.18 bits per heavy atom. The van der Waals surface area contributed by atoms with Gasteiger partial charge in [0.05, 0.1) is 21.2 Å². The summed E-state index contributed by atoms with van der Waals surface area (Å²) in [6.07, 6.45) is 4.80. The molecule has 1 aliphatic carbocycles. The molecule has 0 spiro atoms. The Bertz CT molecular complexity index is 1320. The van der Waals surface area contributed by atoms with Crippen LogP contribution in [0.15, 0.2) is 57.5 Å².